The van der Waals surface area contributed by atoms with E-state index in [1.54, 1.807) is 6.92 Å². The third-order valence-corrected chi connectivity index (χ3v) is 4.91. The third kappa shape index (κ3) is 7.57. The van der Waals surface area contributed by atoms with Crippen LogP contribution in [0.3, 0.4) is 0 Å². The first-order chi connectivity index (χ1) is 11.1. The Morgan fingerprint density at radius 3 is 2.33 bits per heavy atom. The average molecular weight is 335 g/mol. The molecule has 0 saturated carbocycles. The van der Waals surface area contributed by atoms with Crippen molar-refractivity contribution >= 4 is 11.6 Å². The summed E-state index contributed by atoms with van der Waals surface area (Å²) in [7, 11) is 0. The highest BCUT2D eigenvalue weighted by Crippen LogP contribution is 2.27. The lowest BCUT2D eigenvalue weighted by molar-refractivity contribution is -0.115. The van der Waals surface area contributed by atoms with Gasteiger partial charge in [0, 0.05) is 11.1 Å². The number of carbonyl (C=O) groups excluding carboxylic acids is 2. The van der Waals surface area contributed by atoms with E-state index in [-0.39, 0.29) is 11.6 Å². The van der Waals surface area contributed by atoms with E-state index in [0.717, 1.165) is 18.8 Å². The minimum atomic E-state index is -0.786. The molecule has 1 aliphatic carbocycles. The van der Waals surface area contributed by atoms with Gasteiger partial charge < -0.3 is 5.11 Å². The van der Waals surface area contributed by atoms with E-state index in [2.05, 4.69) is 20.8 Å². The summed E-state index contributed by atoms with van der Waals surface area (Å²) in [6.45, 7) is 10.3. The molecule has 3 heteroatoms. The molecule has 1 unspecified atom stereocenters. The van der Waals surface area contributed by atoms with Crippen molar-refractivity contribution in [1.82, 2.24) is 0 Å². The third-order valence-electron chi connectivity index (χ3n) is 4.91. The summed E-state index contributed by atoms with van der Waals surface area (Å²) in [6, 6.07) is 0. The molecule has 0 aromatic carbocycles. The molecule has 0 saturated heterocycles. The molecule has 0 fully saturated rings. The zero-order valence-electron chi connectivity index (χ0n) is 16.0. The number of aliphatic hydroxyl groups is 1. The average Bonchev–Trinajstić information content (AvgIpc) is 2.47. The zero-order chi connectivity index (χ0) is 18.3. The van der Waals surface area contributed by atoms with Gasteiger partial charge >= 0.3 is 0 Å². The van der Waals surface area contributed by atoms with Crippen LogP contribution in [-0.2, 0) is 9.59 Å². The molecule has 0 aromatic rings. The monoisotopic (exact) mass is 334 g/mol. The molecule has 0 aromatic heterocycles. The predicted molar refractivity (Wildman–Crippen MR) is 98.8 cm³/mol. The van der Waals surface area contributed by atoms with Crippen molar-refractivity contribution in [2.45, 2.75) is 85.2 Å². The van der Waals surface area contributed by atoms with Gasteiger partial charge in [0.1, 0.15) is 0 Å². The molecule has 2 atom stereocenters. The fraction of sp³-hybridized carbons (Fsp3) is 0.714. The Hall–Kier alpha value is -1.22. The summed E-state index contributed by atoms with van der Waals surface area (Å²) in [6.07, 6.45) is 9.22. The quantitative estimate of drug-likeness (QED) is 0.585. The van der Waals surface area contributed by atoms with Crippen LogP contribution in [0, 0.1) is 11.8 Å². The first kappa shape index (κ1) is 20.8. The number of hydrogen-bond donors (Lipinski definition) is 1. The maximum absolute atomic E-state index is 12.1. The molecule has 0 heterocycles. The van der Waals surface area contributed by atoms with Gasteiger partial charge in [-0.15, -0.1) is 0 Å². The van der Waals surface area contributed by atoms with E-state index in [4.69, 9.17) is 0 Å². The Bertz CT molecular complexity index is 509. The SMILES string of the molecule is CC1=CC(=O)C=C(CCC(C)(O)CC[C@H](C)CCCC(C)C)C1=O. The number of ketones is 2. The van der Waals surface area contributed by atoms with Crippen LogP contribution in [0.1, 0.15) is 79.6 Å². The summed E-state index contributed by atoms with van der Waals surface area (Å²) >= 11 is 0. The van der Waals surface area contributed by atoms with Crippen LogP contribution in [-0.4, -0.2) is 22.3 Å². The minimum Gasteiger partial charge on any atom is -0.390 e. The molecule has 0 aliphatic heterocycles. The van der Waals surface area contributed by atoms with Crippen LogP contribution < -0.4 is 0 Å². The van der Waals surface area contributed by atoms with Crippen molar-refractivity contribution in [1.29, 1.82) is 0 Å². The molecule has 1 aliphatic rings. The highest BCUT2D eigenvalue weighted by atomic mass is 16.3. The standard InChI is InChI=1S/C21H34O3/c1-15(2)7-6-8-16(3)9-11-21(5,24)12-10-18-14-19(22)13-17(4)20(18)23/h13-16,24H,6-12H2,1-5H3/t16-,21?/m1/s1. The largest absolute Gasteiger partial charge is 0.390 e. The van der Waals surface area contributed by atoms with Gasteiger partial charge in [0.25, 0.3) is 0 Å². The van der Waals surface area contributed by atoms with Gasteiger partial charge in [0.15, 0.2) is 11.6 Å². The van der Waals surface area contributed by atoms with Crippen LogP contribution in [0.25, 0.3) is 0 Å². The van der Waals surface area contributed by atoms with Crippen molar-refractivity contribution in [3.8, 4) is 0 Å². The normalized spacial score (nSPS) is 19.1. The first-order valence-corrected chi connectivity index (χ1v) is 9.30. The smallest absolute Gasteiger partial charge is 0.184 e. The van der Waals surface area contributed by atoms with Crippen molar-refractivity contribution in [3.05, 3.63) is 23.3 Å². The lowest BCUT2D eigenvalue weighted by Gasteiger charge is -2.26. The Morgan fingerprint density at radius 2 is 1.71 bits per heavy atom. The van der Waals surface area contributed by atoms with Crippen molar-refractivity contribution < 1.29 is 14.7 Å². The Balaban J connectivity index is 2.38. The lowest BCUT2D eigenvalue weighted by Crippen LogP contribution is -2.26. The molecule has 0 spiro atoms. The highest BCUT2D eigenvalue weighted by molar-refractivity contribution is 6.19. The fourth-order valence-electron chi connectivity index (χ4n) is 3.10. The molecule has 3 nitrogen and oxygen atoms in total. The number of rotatable bonds is 10. The Kier molecular flexibility index (Phi) is 8.08. The lowest BCUT2D eigenvalue weighted by atomic mass is 9.85. The first-order valence-electron chi connectivity index (χ1n) is 9.30. The summed E-state index contributed by atoms with van der Waals surface area (Å²) < 4.78 is 0. The van der Waals surface area contributed by atoms with Crippen LogP contribution in [0.5, 0.6) is 0 Å². The summed E-state index contributed by atoms with van der Waals surface area (Å²) in [5.74, 6) is 1.17. The molecule has 0 bridgehead atoms. The maximum atomic E-state index is 12.1. The molecular formula is C21H34O3. The Morgan fingerprint density at radius 1 is 1.04 bits per heavy atom. The fourth-order valence-corrected chi connectivity index (χ4v) is 3.10. The second-order valence-electron chi connectivity index (χ2n) is 8.19. The minimum absolute atomic E-state index is 0.0625. The number of carbonyl (C=O) groups is 2. The van der Waals surface area contributed by atoms with Gasteiger partial charge in [0.05, 0.1) is 5.60 Å². The highest BCUT2D eigenvalue weighted by Gasteiger charge is 2.25. The topological polar surface area (TPSA) is 54.4 Å². The van der Waals surface area contributed by atoms with Gasteiger partial charge in [-0.25, -0.2) is 0 Å². The van der Waals surface area contributed by atoms with Crippen LogP contribution in [0.2, 0.25) is 0 Å². The molecule has 1 rings (SSSR count). The second kappa shape index (κ2) is 9.31. The summed E-state index contributed by atoms with van der Waals surface area (Å²) in [4.78, 5) is 23.6. The van der Waals surface area contributed by atoms with Crippen molar-refractivity contribution in [3.63, 3.8) is 0 Å². The number of hydrogen-bond acceptors (Lipinski definition) is 3. The number of Topliss-reactive ketones (excluding diaryl/α,β-unsaturated/α-hetero) is 1. The van der Waals surface area contributed by atoms with Crippen LogP contribution in [0.15, 0.2) is 23.3 Å². The molecule has 0 amide bonds. The number of allylic oxidation sites excluding steroid dienone is 4. The van der Waals surface area contributed by atoms with Gasteiger partial charge in [-0.05, 0) is 63.5 Å². The molecule has 1 N–H and O–H groups in total. The molecule has 24 heavy (non-hydrogen) atoms. The van der Waals surface area contributed by atoms with Gasteiger partial charge in [-0.1, -0.05) is 40.0 Å². The molecular weight excluding hydrogens is 300 g/mol. The molecule has 0 radical (unpaired) electrons. The summed E-state index contributed by atoms with van der Waals surface area (Å²) in [5, 5.41) is 10.6. The van der Waals surface area contributed by atoms with E-state index in [0.29, 0.717) is 29.9 Å². The van der Waals surface area contributed by atoms with Crippen molar-refractivity contribution in [2.75, 3.05) is 0 Å². The van der Waals surface area contributed by atoms with Crippen LogP contribution >= 0.6 is 0 Å². The van der Waals surface area contributed by atoms with E-state index in [1.807, 2.05) is 6.92 Å². The van der Waals surface area contributed by atoms with E-state index >= 15 is 0 Å². The van der Waals surface area contributed by atoms with Crippen molar-refractivity contribution in [2.24, 2.45) is 11.8 Å². The van der Waals surface area contributed by atoms with Gasteiger partial charge in [-0.3, -0.25) is 9.59 Å². The maximum Gasteiger partial charge on any atom is 0.184 e. The van der Waals surface area contributed by atoms with E-state index in [1.165, 1.54) is 31.4 Å². The van der Waals surface area contributed by atoms with Crippen LogP contribution in [0.4, 0.5) is 0 Å². The van der Waals surface area contributed by atoms with Gasteiger partial charge in [-0.2, -0.15) is 0 Å². The zero-order valence-corrected chi connectivity index (χ0v) is 16.0. The summed E-state index contributed by atoms with van der Waals surface area (Å²) in [5.41, 5.74) is 0.243. The molecule has 136 valence electrons. The van der Waals surface area contributed by atoms with E-state index < -0.39 is 5.60 Å². The Labute approximate surface area is 147 Å². The predicted octanol–water partition coefficient (Wildman–Crippen LogP) is 4.78. The van der Waals surface area contributed by atoms with E-state index in [9.17, 15) is 14.7 Å². The second-order valence-corrected chi connectivity index (χ2v) is 8.19. The van der Waals surface area contributed by atoms with Gasteiger partial charge in [0.2, 0.25) is 0 Å².